The molecule has 0 saturated heterocycles. The zero-order chi connectivity index (χ0) is 17.0. The van der Waals surface area contributed by atoms with Crippen molar-refractivity contribution in [2.24, 2.45) is 11.3 Å². The van der Waals surface area contributed by atoms with Gasteiger partial charge in [-0.15, -0.1) is 0 Å². The molecule has 3 atom stereocenters. The van der Waals surface area contributed by atoms with Gasteiger partial charge in [-0.3, -0.25) is 0 Å². The van der Waals surface area contributed by atoms with Gasteiger partial charge in [-0.05, 0) is 65.0 Å². The maximum atomic E-state index is 10.5. The number of hydrogen-bond acceptors (Lipinski definition) is 2. The smallest absolute Gasteiger partial charge is 0.125 e. The van der Waals surface area contributed by atoms with Crippen LogP contribution in [0.3, 0.4) is 0 Å². The van der Waals surface area contributed by atoms with Crippen molar-refractivity contribution in [3.63, 3.8) is 0 Å². The molecule has 1 saturated carbocycles. The monoisotopic (exact) mass is 316 g/mol. The molecule has 1 aromatic carbocycles. The van der Waals surface area contributed by atoms with E-state index in [1.54, 1.807) is 0 Å². The van der Waals surface area contributed by atoms with Gasteiger partial charge in [0.1, 0.15) is 5.75 Å². The molecule has 1 aromatic rings. The molecular formula is C21H32O2. The molecule has 2 nitrogen and oxygen atoms in total. The molecule has 2 heteroatoms. The zero-order valence-corrected chi connectivity index (χ0v) is 15.6. The number of ether oxygens (including phenoxy) is 1. The van der Waals surface area contributed by atoms with Crippen LogP contribution in [0, 0.1) is 11.3 Å². The number of benzene rings is 1. The van der Waals surface area contributed by atoms with Gasteiger partial charge in [0.05, 0.1) is 13.2 Å². The molecule has 2 aliphatic rings. The van der Waals surface area contributed by atoms with Gasteiger partial charge in [0, 0.05) is 0 Å². The van der Waals surface area contributed by atoms with Gasteiger partial charge in [0.15, 0.2) is 0 Å². The van der Waals surface area contributed by atoms with E-state index in [4.69, 9.17) is 4.74 Å². The summed E-state index contributed by atoms with van der Waals surface area (Å²) in [4.78, 5) is 0. The first-order valence-corrected chi connectivity index (χ1v) is 9.11. The first-order valence-electron chi connectivity index (χ1n) is 9.11. The van der Waals surface area contributed by atoms with E-state index in [-0.39, 0.29) is 16.9 Å². The fraction of sp³-hybridized carbons (Fsp3) is 0.714. The summed E-state index contributed by atoms with van der Waals surface area (Å²) in [5.41, 5.74) is 4.34. The maximum absolute atomic E-state index is 10.5. The van der Waals surface area contributed by atoms with E-state index in [1.165, 1.54) is 16.7 Å². The average molecular weight is 316 g/mol. The van der Waals surface area contributed by atoms with Crippen molar-refractivity contribution in [3.05, 3.63) is 28.8 Å². The molecule has 0 spiro atoms. The average Bonchev–Trinajstić information content (AvgIpc) is 2.50. The van der Waals surface area contributed by atoms with E-state index in [2.05, 4.69) is 46.8 Å². The molecule has 2 aliphatic carbocycles. The lowest BCUT2D eigenvalue weighted by Crippen LogP contribution is -2.53. The third kappa shape index (κ3) is 2.33. The van der Waals surface area contributed by atoms with E-state index in [1.807, 2.05) is 7.11 Å². The number of methoxy groups -OCH3 is 1. The van der Waals surface area contributed by atoms with Crippen LogP contribution in [0.25, 0.3) is 0 Å². The Kier molecular flexibility index (Phi) is 4.03. The summed E-state index contributed by atoms with van der Waals surface area (Å²) in [6, 6.07) is 4.63. The van der Waals surface area contributed by atoms with Crippen LogP contribution in [0.2, 0.25) is 0 Å². The summed E-state index contributed by atoms with van der Waals surface area (Å²) in [6.07, 6.45) is 3.99. The Balaban J connectivity index is 2.15. The fourth-order valence-corrected chi connectivity index (χ4v) is 5.46. The molecule has 3 rings (SSSR count). The Bertz CT molecular complexity index is 602. The van der Waals surface area contributed by atoms with Gasteiger partial charge >= 0.3 is 0 Å². The summed E-state index contributed by atoms with van der Waals surface area (Å²) >= 11 is 0. The molecule has 0 amide bonds. The Hall–Kier alpha value is -1.02. The van der Waals surface area contributed by atoms with Crippen molar-refractivity contribution in [1.29, 1.82) is 0 Å². The number of rotatable bonds is 2. The number of fused-ring (bicyclic) bond motifs is 3. The highest BCUT2D eigenvalue weighted by Gasteiger charge is 2.53. The second kappa shape index (κ2) is 5.51. The summed E-state index contributed by atoms with van der Waals surface area (Å²) in [6.45, 7) is 11.4. The quantitative estimate of drug-likeness (QED) is 0.847. The molecule has 1 N–H and O–H groups in total. The van der Waals surface area contributed by atoms with Crippen LogP contribution in [0.4, 0.5) is 0 Å². The fourth-order valence-electron chi connectivity index (χ4n) is 5.46. The van der Waals surface area contributed by atoms with Gasteiger partial charge in [-0.25, -0.2) is 0 Å². The Morgan fingerprint density at radius 2 is 1.87 bits per heavy atom. The summed E-state index contributed by atoms with van der Waals surface area (Å²) < 4.78 is 5.85. The minimum absolute atomic E-state index is 0.0192. The van der Waals surface area contributed by atoms with E-state index in [0.717, 1.165) is 31.4 Å². The SMILES string of the molecule is COc1c(C(C)C)ccc2c1CC[C@H]1C(C)(C)[C@H](O)CC[C@]21C. The van der Waals surface area contributed by atoms with Gasteiger partial charge in [0.2, 0.25) is 0 Å². The lowest BCUT2D eigenvalue weighted by Gasteiger charge is -2.56. The highest BCUT2D eigenvalue weighted by atomic mass is 16.5. The molecule has 23 heavy (non-hydrogen) atoms. The molecule has 0 radical (unpaired) electrons. The predicted octanol–water partition coefficient (Wildman–Crippen LogP) is 4.82. The third-order valence-corrected chi connectivity index (χ3v) is 6.88. The van der Waals surface area contributed by atoms with Crippen LogP contribution >= 0.6 is 0 Å². The zero-order valence-electron chi connectivity index (χ0n) is 15.6. The van der Waals surface area contributed by atoms with Crippen molar-refractivity contribution in [2.45, 2.75) is 77.7 Å². The number of aliphatic hydroxyl groups excluding tert-OH is 1. The van der Waals surface area contributed by atoms with Crippen LogP contribution in [0.5, 0.6) is 5.75 Å². The molecule has 128 valence electrons. The number of hydrogen-bond donors (Lipinski definition) is 1. The van der Waals surface area contributed by atoms with Crippen LogP contribution in [-0.4, -0.2) is 18.3 Å². The molecule has 0 bridgehead atoms. The second-order valence-electron chi connectivity index (χ2n) is 8.75. The van der Waals surface area contributed by atoms with E-state index in [0.29, 0.717) is 11.8 Å². The van der Waals surface area contributed by atoms with Crippen molar-refractivity contribution in [1.82, 2.24) is 0 Å². The van der Waals surface area contributed by atoms with Gasteiger partial charge in [-0.2, -0.15) is 0 Å². The van der Waals surface area contributed by atoms with Crippen molar-refractivity contribution in [3.8, 4) is 5.75 Å². The molecule has 0 aliphatic heterocycles. The Labute approximate surface area is 141 Å². The molecular weight excluding hydrogens is 284 g/mol. The summed E-state index contributed by atoms with van der Waals surface area (Å²) in [7, 11) is 1.81. The molecule has 1 fully saturated rings. The van der Waals surface area contributed by atoms with Crippen molar-refractivity contribution < 1.29 is 9.84 Å². The molecule has 0 heterocycles. The Morgan fingerprint density at radius 1 is 1.17 bits per heavy atom. The molecule has 0 unspecified atom stereocenters. The van der Waals surface area contributed by atoms with Gasteiger partial charge in [0.25, 0.3) is 0 Å². The normalized spacial score (nSPS) is 32.3. The van der Waals surface area contributed by atoms with Crippen LogP contribution in [0.15, 0.2) is 12.1 Å². The third-order valence-electron chi connectivity index (χ3n) is 6.88. The first-order chi connectivity index (χ1) is 10.7. The lowest BCUT2D eigenvalue weighted by atomic mass is 9.49. The number of aliphatic hydroxyl groups is 1. The largest absolute Gasteiger partial charge is 0.496 e. The van der Waals surface area contributed by atoms with Gasteiger partial charge < -0.3 is 9.84 Å². The topological polar surface area (TPSA) is 29.5 Å². The van der Waals surface area contributed by atoms with E-state index >= 15 is 0 Å². The van der Waals surface area contributed by atoms with Crippen LogP contribution in [-0.2, 0) is 11.8 Å². The molecule has 0 aromatic heterocycles. The van der Waals surface area contributed by atoms with Crippen molar-refractivity contribution in [2.75, 3.05) is 7.11 Å². The summed E-state index contributed by atoms with van der Waals surface area (Å²) in [5.74, 6) is 2.12. The van der Waals surface area contributed by atoms with E-state index in [9.17, 15) is 5.11 Å². The summed E-state index contributed by atoms with van der Waals surface area (Å²) in [5, 5.41) is 10.5. The van der Waals surface area contributed by atoms with Crippen molar-refractivity contribution >= 4 is 0 Å². The van der Waals surface area contributed by atoms with E-state index < -0.39 is 0 Å². The minimum atomic E-state index is -0.182. The van der Waals surface area contributed by atoms with Crippen LogP contribution < -0.4 is 4.74 Å². The second-order valence-corrected chi connectivity index (χ2v) is 8.75. The minimum Gasteiger partial charge on any atom is -0.496 e. The maximum Gasteiger partial charge on any atom is 0.125 e. The van der Waals surface area contributed by atoms with Crippen LogP contribution in [0.1, 0.15) is 76.5 Å². The van der Waals surface area contributed by atoms with Gasteiger partial charge in [-0.1, -0.05) is 46.8 Å². The highest BCUT2D eigenvalue weighted by Crippen LogP contribution is 2.58. The standard InChI is InChI=1S/C21H32O2/c1-13(2)14-7-9-16-15(19(14)23-6)8-10-17-20(3,4)18(22)11-12-21(16,17)5/h7,9,13,17-18,22H,8,10-12H2,1-6H3/t17-,18+,21+/m0/s1. The highest BCUT2D eigenvalue weighted by molar-refractivity contribution is 5.52. The Morgan fingerprint density at radius 3 is 2.48 bits per heavy atom. The first kappa shape index (κ1) is 16.8. The predicted molar refractivity (Wildman–Crippen MR) is 95.3 cm³/mol. The lowest BCUT2D eigenvalue weighted by molar-refractivity contribution is -0.0732.